The maximum Gasteiger partial charge on any atom is 0.140 e. The van der Waals surface area contributed by atoms with Crippen LogP contribution >= 0.6 is 0 Å². The first-order valence-electron chi connectivity index (χ1n) is 5.94. The van der Waals surface area contributed by atoms with E-state index in [-0.39, 0.29) is 0 Å². The van der Waals surface area contributed by atoms with E-state index in [4.69, 9.17) is 15.7 Å². The minimum absolute atomic E-state index is 0.315. The van der Waals surface area contributed by atoms with Crippen LogP contribution in [-0.4, -0.2) is 48.3 Å². The molecule has 16 heavy (non-hydrogen) atoms. The van der Waals surface area contributed by atoms with Gasteiger partial charge in [-0.05, 0) is 19.3 Å². The van der Waals surface area contributed by atoms with Crippen molar-refractivity contribution in [2.24, 2.45) is 10.9 Å². The third-order valence-corrected chi connectivity index (χ3v) is 3.08. The van der Waals surface area contributed by atoms with Crippen molar-refractivity contribution < 1.29 is 9.94 Å². The van der Waals surface area contributed by atoms with E-state index in [1.54, 1.807) is 7.11 Å². The Morgan fingerprint density at radius 2 is 2.31 bits per heavy atom. The fraction of sp³-hybridized carbons (Fsp3) is 0.909. The molecule has 1 atom stereocenters. The summed E-state index contributed by atoms with van der Waals surface area (Å²) in [6.45, 7) is 3.80. The van der Waals surface area contributed by atoms with Crippen molar-refractivity contribution >= 4 is 5.84 Å². The number of ether oxygens (including phenoxy) is 1. The fourth-order valence-electron chi connectivity index (χ4n) is 2.04. The zero-order valence-corrected chi connectivity index (χ0v) is 10.2. The summed E-state index contributed by atoms with van der Waals surface area (Å²) in [5.41, 5.74) is 5.58. The molecule has 94 valence electrons. The molecule has 0 aliphatic heterocycles. The average molecular weight is 229 g/mol. The molecule has 1 saturated carbocycles. The van der Waals surface area contributed by atoms with Crippen LogP contribution in [0.15, 0.2) is 5.16 Å². The number of rotatable bonds is 8. The Morgan fingerprint density at radius 1 is 1.62 bits per heavy atom. The topological polar surface area (TPSA) is 71.1 Å². The molecule has 1 rings (SSSR count). The monoisotopic (exact) mass is 229 g/mol. The van der Waals surface area contributed by atoms with Crippen molar-refractivity contribution in [3.05, 3.63) is 0 Å². The molecular weight excluding hydrogens is 206 g/mol. The Kier molecular flexibility index (Phi) is 5.55. The van der Waals surface area contributed by atoms with Crippen molar-refractivity contribution in [1.29, 1.82) is 0 Å². The van der Waals surface area contributed by atoms with Gasteiger partial charge in [0.05, 0.1) is 6.61 Å². The molecule has 0 saturated heterocycles. The first-order valence-corrected chi connectivity index (χ1v) is 5.94. The first-order chi connectivity index (χ1) is 7.72. The highest BCUT2D eigenvalue weighted by Gasteiger charge is 2.33. The van der Waals surface area contributed by atoms with E-state index in [9.17, 15) is 0 Å². The van der Waals surface area contributed by atoms with E-state index in [0.717, 1.165) is 19.6 Å². The predicted molar refractivity (Wildman–Crippen MR) is 63.7 cm³/mol. The molecule has 1 fully saturated rings. The van der Waals surface area contributed by atoms with E-state index in [0.29, 0.717) is 24.3 Å². The van der Waals surface area contributed by atoms with Gasteiger partial charge in [-0.25, -0.2) is 0 Å². The second kappa shape index (κ2) is 6.70. The normalized spacial score (nSPS) is 19.1. The quantitative estimate of drug-likeness (QED) is 0.282. The lowest BCUT2D eigenvalue weighted by atomic mass is 10.1. The summed E-state index contributed by atoms with van der Waals surface area (Å²) in [6.07, 6.45) is 4.16. The van der Waals surface area contributed by atoms with Crippen LogP contribution in [0.25, 0.3) is 0 Å². The zero-order valence-electron chi connectivity index (χ0n) is 10.2. The highest BCUT2D eigenvalue weighted by atomic mass is 16.5. The highest BCUT2D eigenvalue weighted by Crippen LogP contribution is 2.30. The molecule has 0 spiro atoms. The van der Waals surface area contributed by atoms with Gasteiger partial charge in [-0.15, -0.1) is 0 Å². The van der Waals surface area contributed by atoms with Crippen LogP contribution in [0.1, 0.15) is 32.6 Å². The molecule has 5 nitrogen and oxygen atoms in total. The number of amidine groups is 1. The molecule has 1 aliphatic rings. The molecule has 0 aromatic rings. The summed E-state index contributed by atoms with van der Waals surface area (Å²) in [5, 5.41) is 11.7. The summed E-state index contributed by atoms with van der Waals surface area (Å²) in [4.78, 5) is 2.43. The summed E-state index contributed by atoms with van der Waals surface area (Å²) in [6, 6.07) is 1.03. The molecule has 1 aliphatic carbocycles. The SMILES string of the molecule is CCC(C/C(N)=N/O)N(CCOC)C1CC1. The second-order valence-electron chi connectivity index (χ2n) is 4.32. The van der Waals surface area contributed by atoms with Gasteiger partial charge in [0.15, 0.2) is 0 Å². The van der Waals surface area contributed by atoms with E-state index >= 15 is 0 Å². The lowest BCUT2D eigenvalue weighted by Crippen LogP contribution is -2.41. The van der Waals surface area contributed by atoms with Crippen molar-refractivity contribution in [2.75, 3.05) is 20.3 Å². The second-order valence-corrected chi connectivity index (χ2v) is 4.32. The summed E-state index contributed by atoms with van der Waals surface area (Å²) < 4.78 is 5.12. The average Bonchev–Trinajstić information content (AvgIpc) is 3.11. The molecule has 0 aromatic carbocycles. The number of oxime groups is 1. The van der Waals surface area contributed by atoms with Crippen LogP contribution in [0.4, 0.5) is 0 Å². The van der Waals surface area contributed by atoms with Crippen LogP contribution in [-0.2, 0) is 4.74 Å². The fourth-order valence-corrected chi connectivity index (χ4v) is 2.04. The number of methoxy groups -OCH3 is 1. The number of nitrogens with zero attached hydrogens (tertiary/aromatic N) is 2. The van der Waals surface area contributed by atoms with Crippen molar-refractivity contribution in [3.8, 4) is 0 Å². The van der Waals surface area contributed by atoms with Gasteiger partial charge in [0, 0.05) is 32.2 Å². The van der Waals surface area contributed by atoms with E-state index in [2.05, 4.69) is 17.0 Å². The first kappa shape index (κ1) is 13.3. The molecule has 0 bridgehead atoms. The van der Waals surface area contributed by atoms with Gasteiger partial charge >= 0.3 is 0 Å². The van der Waals surface area contributed by atoms with Gasteiger partial charge in [0.2, 0.25) is 0 Å². The van der Waals surface area contributed by atoms with Gasteiger partial charge in [-0.3, -0.25) is 4.90 Å². The Hall–Kier alpha value is -0.810. The standard InChI is InChI=1S/C11H23N3O2/c1-3-9(8-11(12)13-15)14(6-7-16-2)10-4-5-10/h9-10,15H,3-8H2,1-2H3,(H2,12,13). The predicted octanol–water partition coefficient (Wildman–Crippen LogP) is 1.01. The summed E-state index contributed by atoms with van der Waals surface area (Å²) in [7, 11) is 1.72. The molecule has 1 unspecified atom stereocenters. The van der Waals surface area contributed by atoms with Crippen molar-refractivity contribution in [2.45, 2.75) is 44.7 Å². The summed E-state index contributed by atoms with van der Waals surface area (Å²) in [5.74, 6) is 0.315. The van der Waals surface area contributed by atoms with E-state index in [1.807, 2.05) is 0 Å². The molecule has 0 radical (unpaired) electrons. The van der Waals surface area contributed by atoms with Crippen molar-refractivity contribution in [1.82, 2.24) is 4.90 Å². The van der Waals surface area contributed by atoms with E-state index in [1.165, 1.54) is 12.8 Å². The van der Waals surface area contributed by atoms with Gasteiger partial charge in [-0.2, -0.15) is 0 Å². The third-order valence-electron chi connectivity index (χ3n) is 3.08. The minimum Gasteiger partial charge on any atom is -0.409 e. The lowest BCUT2D eigenvalue weighted by Gasteiger charge is -2.30. The van der Waals surface area contributed by atoms with Gasteiger partial charge in [0.25, 0.3) is 0 Å². The van der Waals surface area contributed by atoms with Crippen molar-refractivity contribution in [3.63, 3.8) is 0 Å². The van der Waals surface area contributed by atoms with Gasteiger partial charge in [0.1, 0.15) is 5.84 Å². The molecule has 0 aromatic heterocycles. The maximum atomic E-state index is 8.61. The van der Waals surface area contributed by atoms with E-state index < -0.39 is 0 Å². The smallest absolute Gasteiger partial charge is 0.140 e. The Balaban J connectivity index is 2.50. The van der Waals surface area contributed by atoms with Gasteiger partial charge in [-0.1, -0.05) is 12.1 Å². The minimum atomic E-state index is 0.315. The molecule has 3 N–H and O–H groups in total. The lowest BCUT2D eigenvalue weighted by molar-refractivity contribution is 0.113. The molecule has 0 heterocycles. The number of hydrogen-bond acceptors (Lipinski definition) is 4. The van der Waals surface area contributed by atoms with Crippen LogP contribution in [0.3, 0.4) is 0 Å². The zero-order chi connectivity index (χ0) is 12.0. The van der Waals surface area contributed by atoms with Crippen LogP contribution in [0.5, 0.6) is 0 Å². The number of hydrogen-bond donors (Lipinski definition) is 2. The van der Waals surface area contributed by atoms with Crippen LogP contribution < -0.4 is 5.73 Å². The molecule has 5 heteroatoms. The largest absolute Gasteiger partial charge is 0.409 e. The Bertz CT molecular complexity index is 229. The van der Waals surface area contributed by atoms with Crippen LogP contribution in [0.2, 0.25) is 0 Å². The molecular formula is C11H23N3O2. The summed E-state index contributed by atoms with van der Waals surface area (Å²) >= 11 is 0. The molecule has 0 amide bonds. The highest BCUT2D eigenvalue weighted by molar-refractivity contribution is 5.80. The third kappa shape index (κ3) is 3.98. The Labute approximate surface area is 97.2 Å². The Morgan fingerprint density at radius 3 is 2.75 bits per heavy atom. The number of nitrogens with two attached hydrogens (primary N) is 1. The van der Waals surface area contributed by atoms with Crippen LogP contribution in [0, 0.1) is 0 Å². The van der Waals surface area contributed by atoms with Gasteiger partial charge < -0.3 is 15.7 Å². The maximum absolute atomic E-state index is 8.61.